The van der Waals surface area contributed by atoms with E-state index in [1.54, 1.807) is 0 Å². The summed E-state index contributed by atoms with van der Waals surface area (Å²) < 4.78 is 0. The van der Waals surface area contributed by atoms with E-state index >= 15 is 0 Å². The van der Waals surface area contributed by atoms with Crippen molar-refractivity contribution in [3.63, 3.8) is 0 Å². The minimum Gasteiger partial charge on any atom is -0.349 e. The van der Waals surface area contributed by atoms with E-state index in [0.717, 1.165) is 12.0 Å². The number of hydrogen-bond donors (Lipinski definition) is 1. The van der Waals surface area contributed by atoms with E-state index in [1.807, 2.05) is 20.8 Å². The van der Waals surface area contributed by atoms with Crippen molar-refractivity contribution in [2.24, 2.45) is 5.92 Å². The predicted molar refractivity (Wildman–Crippen MR) is 79.9 cm³/mol. The average Bonchev–Trinajstić information content (AvgIpc) is 2.37. The lowest BCUT2D eigenvalue weighted by molar-refractivity contribution is -0.121. The lowest BCUT2D eigenvalue weighted by Crippen LogP contribution is -2.35. The first kappa shape index (κ1) is 15.2. The second kappa shape index (κ2) is 6.93. The van der Waals surface area contributed by atoms with Crippen molar-refractivity contribution in [1.82, 2.24) is 5.32 Å². The Labute approximate surface area is 118 Å². The lowest BCUT2D eigenvalue weighted by Gasteiger charge is -2.19. The molecular formula is C15H22BrNO. The smallest absolute Gasteiger partial charge is 0.234 e. The number of halogens is 1. The molecule has 1 rings (SSSR count). The number of carbonyl (C=O) groups excluding carboxylic acids is 1. The van der Waals surface area contributed by atoms with Gasteiger partial charge >= 0.3 is 0 Å². The molecule has 0 bridgehead atoms. The van der Waals surface area contributed by atoms with E-state index in [2.05, 4.69) is 52.4 Å². The maximum absolute atomic E-state index is 11.9. The Morgan fingerprint density at radius 3 is 2.22 bits per heavy atom. The van der Waals surface area contributed by atoms with Crippen LogP contribution < -0.4 is 5.32 Å². The maximum atomic E-state index is 11.9. The number of carbonyl (C=O) groups is 1. The van der Waals surface area contributed by atoms with Crippen molar-refractivity contribution in [3.05, 3.63) is 35.4 Å². The van der Waals surface area contributed by atoms with Gasteiger partial charge in [0.15, 0.2) is 0 Å². The molecule has 0 heterocycles. The summed E-state index contributed by atoms with van der Waals surface area (Å²) in [7, 11) is 0. The van der Waals surface area contributed by atoms with Gasteiger partial charge in [-0.2, -0.15) is 0 Å². The number of aryl methyl sites for hydroxylation is 1. The van der Waals surface area contributed by atoms with Gasteiger partial charge in [0.2, 0.25) is 5.91 Å². The van der Waals surface area contributed by atoms with Crippen LogP contribution in [0, 0.1) is 5.92 Å². The Morgan fingerprint density at radius 1 is 1.22 bits per heavy atom. The molecule has 0 aliphatic rings. The van der Waals surface area contributed by atoms with Crippen LogP contribution in [0.5, 0.6) is 0 Å². The molecule has 1 N–H and O–H groups in total. The van der Waals surface area contributed by atoms with Crippen LogP contribution in [0.25, 0.3) is 0 Å². The van der Waals surface area contributed by atoms with Gasteiger partial charge in [-0.25, -0.2) is 0 Å². The third-order valence-corrected chi connectivity index (χ3v) is 4.56. The Bertz CT molecular complexity index is 386. The summed E-state index contributed by atoms with van der Waals surface area (Å²) in [6.45, 7) is 8.20. The summed E-state index contributed by atoms with van der Waals surface area (Å²) in [5, 5.41) is 3.03. The molecule has 100 valence electrons. The van der Waals surface area contributed by atoms with Gasteiger partial charge < -0.3 is 5.32 Å². The zero-order valence-corrected chi connectivity index (χ0v) is 13.1. The highest BCUT2D eigenvalue weighted by Gasteiger charge is 2.20. The molecule has 0 saturated heterocycles. The van der Waals surface area contributed by atoms with Crippen molar-refractivity contribution in [1.29, 1.82) is 0 Å². The summed E-state index contributed by atoms with van der Waals surface area (Å²) in [5.41, 5.74) is 2.46. The molecule has 0 fully saturated rings. The fourth-order valence-corrected chi connectivity index (χ4v) is 1.85. The van der Waals surface area contributed by atoms with Gasteiger partial charge in [0.05, 0.1) is 10.9 Å². The number of alkyl halides is 1. The predicted octanol–water partition coefficient (Wildman–Crippen LogP) is 3.85. The molecule has 1 amide bonds. The van der Waals surface area contributed by atoms with E-state index < -0.39 is 0 Å². The molecule has 0 radical (unpaired) electrons. The van der Waals surface area contributed by atoms with Gasteiger partial charge in [-0.1, -0.05) is 61.0 Å². The highest BCUT2D eigenvalue weighted by Crippen LogP contribution is 2.17. The molecule has 2 nitrogen and oxygen atoms in total. The van der Waals surface area contributed by atoms with Crippen molar-refractivity contribution in [2.75, 3.05) is 0 Å². The summed E-state index contributed by atoms with van der Waals surface area (Å²) in [6, 6.07) is 8.45. The Hall–Kier alpha value is -0.830. The average molecular weight is 312 g/mol. The number of rotatable bonds is 5. The Morgan fingerprint density at radius 2 is 1.78 bits per heavy atom. The van der Waals surface area contributed by atoms with Crippen molar-refractivity contribution < 1.29 is 4.79 Å². The highest BCUT2D eigenvalue weighted by atomic mass is 79.9. The van der Waals surface area contributed by atoms with Crippen molar-refractivity contribution in [3.8, 4) is 0 Å². The van der Waals surface area contributed by atoms with Crippen LogP contribution in [0.15, 0.2) is 24.3 Å². The molecule has 0 spiro atoms. The zero-order chi connectivity index (χ0) is 13.7. The fourth-order valence-electron chi connectivity index (χ4n) is 1.72. The molecule has 2 atom stereocenters. The summed E-state index contributed by atoms with van der Waals surface area (Å²) >= 11 is 3.42. The fraction of sp³-hybridized carbons (Fsp3) is 0.533. The van der Waals surface area contributed by atoms with Crippen LogP contribution in [0.3, 0.4) is 0 Å². The van der Waals surface area contributed by atoms with Gasteiger partial charge in [0.1, 0.15) is 0 Å². The normalized spacial score (nSPS) is 14.3. The number of benzene rings is 1. The van der Waals surface area contributed by atoms with E-state index in [9.17, 15) is 4.79 Å². The van der Waals surface area contributed by atoms with E-state index in [1.165, 1.54) is 5.56 Å². The Kier molecular flexibility index (Phi) is 5.86. The molecular weight excluding hydrogens is 290 g/mol. The molecule has 1 aromatic rings. The molecule has 2 unspecified atom stereocenters. The van der Waals surface area contributed by atoms with Gasteiger partial charge in [0.25, 0.3) is 0 Å². The SMILES string of the molecule is CCc1ccc(C(C)NC(=O)C(Br)C(C)C)cc1. The van der Waals surface area contributed by atoms with Gasteiger partial charge in [-0.05, 0) is 30.4 Å². The number of nitrogens with one attached hydrogen (secondary N) is 1. The molecule has 18 heavy (non-hydrogen) atoms. The zero-order valence-electron chi connectivity index (χ0n) is 11.5. The highest BCUT2D eigenvalue weighted by molar-refractivity contribution is 9.10. The van der Waals surface area contributed by atoms with Gasteiger partial charge in [-0.15, -0.1) is 0 Å². The van der Waals surface area contributed by atoms with Crippen molar-refractivity contribution in [2.45, 2.75) is 45.0 Å². The number of hydrogen-bond acceptors (Lipinski definition) is 1. The van der Waals surface area contributed by atoms with E-state index in [4.69, 9.17) is 0 Å². The van der Waals surface area contributed by atoms with Crippen LogP contribution >= 0.6 is 15.9 Å². The molecule has 1 aromatic carbocycles. The first-order chi connectivity index (χ1) is 8.45. The van der Waals surface area contributed by atoms with Gasteiger partial charge in [0, 0.05) is 0 Å². The first-order valence-corrected chi connectivity index (χ1v) is 7.40. The quantitative estimate of drug-likeness (QED) is 0.822. The van der Waals surface area contributed by atoms with Crippen LogP contribution in [0.4, 0.5) is 0 Å². The monoisotopic (exact) mass is 311 g/mol. The van der Waals surface area contributed by atoms with Crippen molar-refractivity contribution >= 4 is 21.8 Å². The van der Waals surface area contributed by atoms with Crippen LogP contribution in [-0.4, -0.2) is 10.7 Å². The molecule has 0 aromatic heterocycles. The minimum absolute atomic E-state index is 0.0437. The summed E-state index contributed by atoms with van der Waals surface area (Å²) in [4.78, 5) is 11.8. The summed E-state index contributed by atoms with van der Waals surface area (Å²) in [5.74, 6) is 0.344. The molecule has 0 aliphatic heterocycles. The third kappa shape index (κ3) is 4.13. The molecule has 3 heteroatoms. The third-order valence-electron chi connectivity index (χ3n) is 3.08. The minimum atomic E-state index is -0.130. The van der Waals surface area contributed by atoms with Crippen LogP contribution in [0.1, 0.15) is 44.9 Å². The van der Waals surface area contributed by atoms with Crippen LogP contribution in [-0.2, 0) is 11.2 Å². The topological polar surface area (TPSA) is 29.1 Å². The van der Waals surface area contributed by atoms with Crippen LogP contribution in [0.2, 0.25) is 0 Å². The second-order valence-electron chi connectivity index (χ2n) is 4.97. The number of amides is 1. The summed E-state index contributed by atoms with van der Waals surface area (Å²) in [6.07, 6.45) is 1.04. The van der Waals surface area contributed by atoms with Gasteiger partial charge in [-0.3, -0.25) is 4.79 Å². The molecule has 0 saturated carbocycles. The standard InChI is InChI=1S/C15H22BrNO/c1-5-12-6-8-13(9-7-12)11(4)17-15(18)14(16)10(2)3/h6-11,14H,5H2,1-4H3,(H,17,18). The lowest BCUT2D eigenvalue weighted by atomic mass is 10.0. The Balaban J connectivity index is 2.64. The second-order valence-corrected chi connectivity index (χ2v) is 5.96. The molecule has 0 aliphatic carbocycles. The van der Waals surface area contributed by atoms with E-state index in [0.29, 0.717) is 5.92 Å². The largest absolute Gasteiger partial charge is 0.349 e. The first-order valence-electron chi connectivity index (χ1n) is 6.49. The van der Waals surface area contributed by atoms with E-state index in [-0.39, 0.29) is 16.8 Å². The maximum Gasteiger partial charge on any atom is 0.234 e.